The van der Waals surface area contributed by atoms with E-state index in [1.165, 1.54) is 12.1 Å². The zero-order chi connectivity index (χ0) is 21.9. The van der Waals surface area contributed by atoms with Gasteiger partial charge in [0, 0.05) is 30.8 Å². The molecule has 0 radical (unpaired) electrons. The second-order valence-corrected chi connectivity index (χ2v) is 8.18. The molecule has 5 rings (SSSR count). The van der Waals surface area contributed by atoms with Crippen molar-refractivity contribution in [1.82, 2.24) is 14.7 Å². The van der Waals surface area contributed by atoms with Gasteiger partial charge < -0.3 is 14.5 Å². The maximum absolute atomic E-state index is 14.0. The SMILES string of the molecule is O=C(CC(c1cccc(F)c1)c1cnc2c(OCc3ccccc3)cccn12)NC1CC1. The van der Waals surface area contributed by atoms with Crippen LogP contribution in [0.4, 0.5) is 4.39 Å². The van der Waals surface area contributed by atoms with E-state index >= 15 is 0 Å². The first-order valence-corrected chi connectivity index (χ1v) is 10.8. The summed E-state index contributed by atoms with van der Waals surface area (Å²) in [4.78, 5) is 17.3. The predicted molar refractivity (Wildman–Crippen MR) is 120 cm³/mol. The van der Waals surface area contributed by atoms with Gasteiger partial charge in [0.25, 0.3) is 0 Å². The summed E-state index contributed by atoms with van der Waals surface area (Å²) in [6, 6.07) is 20.4. The zero-order valence-electron chi connectivity index (χ0n) is 17.6. The fraction of sp³-hybridized carbons (Fsp3) is 0.231. The molecule has 1 amide bonds. The summed E-state index contributed by atoms with van der Waals surface area (Å²) in [6.45, 7) is 0.430. The summed E-state index contributed by atoms with van der Waals surface area (Å²) in [5, 5.41) is 3.04. The van der Waals surface area contributed by atoms with E-state index in [9.17, 15) is 9.18 Å². The number of halogens is 1. The van der Waals surface area contributed by atoms with Crippen molar-refractivity contribution in [2.45, 2.75) is 37.8 Å². The number of imidazole rings is 1. The second-order valence-electron chi connectivity index (χ2n) is 8.18. The molecule has 6 heteroatoms. The average Bonchev–Trinajstić information content (AvgIpc) is 3.52. The van der Waals surface area contributed by atoms with E-state index in [-0.39, 0.29) is 30.1 Å². The van der Waals surface area contributed by atoms with E-state index in [1.807, 2.05) is 59.1 Å². The molecule has 0 bridgehead atoms. The number of carbonyl (C=O) groups excluding carboxylic acids is 1. The van der Waals surface area contributed by atoms with Gasteiger partial charge in [-0.2, -0.15) is 0 Å². The Kier molecular flexibility index (Phi) is 5.58. The number of rotatable bonds is 8. The Morgan fingerprint density at radius 2 is 1.97 bits per heavy atom. The molecule has 2 aromatic heterocycles. The van der Waals surface area contributed by atoms with Crippen LogP contribution in [0.1, 0.15) is 42.0 Å². The second kappa shape index (κ2) is 8.83. The number of hydrogen-bond acceptors (Lipinski definition) is 3. The van der Waals surface area contributed by atoms with Crippen LogP contribution in [-0.2, 0) is 11.4 Å². The third-order valence-corrected chi connectivity index (χ3v) is 5.71. The highest BCUT2D eigenvalue weighted by Gasteiger charge is 2.27. The molecule has 0 spiro atoms. The number of aromatic nitrogens is 2. The smallest absolute Gasteiger partial charge is 0.221 e. The average molecular weight is 429 g/mol. The van der Waals surface area contributed by atoms with Gasteiger partial charge in [-0.3, -0.25) is 4.79 Å². The summed E-state index contributed by atoms with van der Waals surface area (Å²) in [5.74, 6) is -0.0316. The lowest BCUT2D eigenvalue weighted by atomic mass is 9.92. The van der Waals surface area contributed by atoms with Crippen LogP contribution in [-0.4, -0.2) is 21.3 Å². The highest BCUT2D eigenvalue weighted by Crippen LogP contribution is 2.32. The number of amides is 1. The van der Waals surface area contributed by atoms with Gasteiger partial charge >= 0.3 is 0 Å². The monoisotopic (exact) mass is 429 g/mol. The van der Waals surface area contributed by atoms with Gasteiger partial charge in [0.1, 0.15) is 12.4 Å². The first-order valence-electron chi connectivity index (χ1n) is 10.8. The fourth-order valence-electron chi connectivity index (χ4n) is 3.93. The van der Waals surface area contributed by atoms with Crippen LogP contribution in [0.15, 0.2) is 79.1 Å². The Hall–Kier alpha value is -3.67. The van der Waals surface area contributed by atoms with E-state index in [4.69, 9.17) is 4.74 Å². The molecule has 2 heterocycles. The third-order valence-electron chi connectivity index (χ3n) is 5.71. The van der Waals surface area contributed by atoms with Crippen LogP contribution >= 0.6 is 0 Å². The largest absolute Gasteiger partial charge is 0.485 e. The van der Waals surface area contributed by atoms with Crippen molar-refractivity contribution < 1.29 is 13.9 Å². The van der Waals surface area contributed by atoms with Gasteiger partial charge in [-0.1, -0.05) is 42.5 Å². The van der Waals surface area contributed by atoms with Crippen LogP contribution in [0.5, 0.6) is 5.75 Å². The van der Waals surface area contributed by atoms with E-state index < -0.39 is 0 Å². The molecule has 5 nitrogen and oxygen atoms in total. The van der Waals surface area contributed by atoms with E-state index in [0.717, 1.165) is 29.7 Å². The van der Waals surface area contributed by atoms with E-state index in [2.05, 4.69) is 10.3 Å². The number of hydrogen-bond donors (Lipinski definition) is 1. The van der Waals surface area contributed by atoms with E-state index in [0.29, 0.717) is 18.0 Å². The van der Waals surface area contributed by atoms with E-state index in [1.54, 1.807) is 12.3 Å². The van der Waals surface area contributed by atoms with Crippen molar-refractivity contribution >= 4 is 11.6 Å². The summed E-state index contributed by atoms with van der Waals surface area (Å²) in [5.41, 5.74) is 3.30. The topological polar surface area (TPSA) is 55.6 Å². The number of nitrogens with one attached hydrogen (secondary N) is 1. The first kappa shape index (κ1) is 20.2. The van der Waals surface area contributed by atoms with Crippen LogP contribution in [0.2, 0.25) is 0 Å². The molecular weight excluding hydrogens is 405 g/mol. The van der Waals surface area contributed by atoms with Crippen molar-refractivity contribution in [3.8, 4) is 5.75 Å². The molecule has 162 valence electrons. The molecule has 1 fully saturated rings. The molecule has 1 aliphatic carbocycles. The van der Waals surface area contributed by atoms with Crippen LogP contribution in [0.25, 0.3) is 5.65 Å². The molecule has 1 N–H and O–H groups in total. The van der Waals surface area contributed by atoms with Crippen molar-refractivity contribution in [3.05, 3.63) is 102 Å². The Morgan fingerprint density at radius 1 is 1.12 bits per heavy atom. The van der Waals surface area contributed by atoms with Crippen molar-refractivity contribution in [3.63, 3.8) is 0 Å². The van der Waals surface area contributed by atoms with Crippen LogP contribution < -0.4 is 10.1 Å². The van der Waals surface area contributed by atoms with Crippen LogP contribution in [0.3, 0.4) is 0 Å². The van der Waals surface area contributed by atoms with Gasteiger partial charge in [0.05, 0.1) is 5.69 Å². The minimum absolute atomic E-state index is 0.0341. The molecule has 0 saturated heterocycles. The number of benzene rings is 2. The first-order chi connectivity index (χ1) is 15.7. The van der Waals surface area contributed by atoms with Gasteiger partial charge in [0.2, 0.25) is 5.91 Å². The van der Waals surface area contributed by atoms with Crippen LogP contribution in [0, 0.1) is 5.82 Å². The maximum atomic E-state index is 14.0. The number of carbonyl (C=O) groups is 1. The molecule has 32 heavy (non-hydrogen) atoms. The highest BCUT2D eigenvalue weighted by molar-refractivity contribution is 5.78. The molecule has 1 saturated carbocycles. The molecule has 1 unspecified atom stereocenters. The highest BCUT2D eigenvalue weighted by atomic mass is 19.1. The normalized spacial score (nSPS) is 14.3. The van der Waals surface area contributed by atoms with Gasteiger partial charge in [-0.15, -0.1) is 0 Å². The molecule has 4 aromatic rings. The lowest BCUT2D eigenvalue weighted by Crippen LogP contribution is -2.27. The Morgan fingerprint density at radius 3 is 2.75 bits per heavy atom. The lowest BCUT2D eigenvalue weighted by molar-refractivity contribution is -0.121. The lowest BCUT2D eigenvalue weighted by Gasteiger charge is -2.18. The summed E-state index contributed by atoms with van der Waals surface area (Å²) < 4.78 is 22.0. The fourth-order valence-corrected chi connectivity index (χ4v) is 3.93. The summed E-state index contributed by atoms with van der Waals surface area (Å²) in [6.07, 6.45) is 5.92. The molecule has 0 aliphatic heterocycles. The van der Waals surface area contributed by atoms with Gasteiger partial charge in [-0.25, -0.2) is 9.37 Å². The van der Waals surface area contributed by atoms with Gasteiger partial charge in [0.15, 0.2) is 11.4 Å². The number of nitrogens with zero attached hydrogens (tertiary/aromatic N) is 2. The minimum Gasteiger partial charge on any atom is -0.485 e. The predicted octanol–water partition coefficient (Wildman–Crippen LogP) is 4.85. The molecular formula is C26H24FN3O2. The number of fused-ring (bicyclic) bond motifs is 1. The number of pyridine rings is 1. The third kappa shape index (κ3) is 4.49. The van der Waals surface area contributed by atoms with Gasteiger partial charge in [-0.05, 0) is 48.2 Å². The molecule has 1 atom stereocenters. The van der Waals surface area contributed by atoms with Crippen molar-refractivity contribution in [2.75, 3.05) is 0 Å². The van der Waals surface area contributed by atoms with Crippen molar-refractivity contribution in [2.24, 2.45) is 0 Å². The Bertz CT molecular complexity index is 1230. The Labute approximate surface area is 185 Å². The summed E-state index contributed by atoms with van der Waals surface area (Å²) >= 11 is 0. The quantitative estimate of drug-likeness (QED) is 0.436. The molecule has 2 aromatic carbocycles. The number of ether oxygens (including phenoxy) is 1. The standard InChI is InChI=1S/C26H24FN3O2/c27-20-9-4-8-19(14-20)22(15-25(31)29-21-11-12-21)23-16-28-26-24(10-5-13-30(23)26)32-17-18-6-2-1-3-7-18/h1-10,13-14,16,21-22H,11-12,15,17H2,(H,29,31). The maximum Gasteiger partial charge on any atom is 0.221 e. The minimum atomic E-state index is -0.330. The summed E-state index contributed by atoms with van der Waals surface area (Å²) in [7, 11) is 0. The molecule has 1 aliphatic rings. The van der Waals surface area contributed by atoms with Crippen molar-refractivity contribution in [1.29, 1.82) is 0 Å². The Balaban J connectivity index is 1.47. The zero-order valence-corrected chi connectivity index (χ0v) is 17.6.